The van der Waals surface area contributed by atoms with Crippen LogP contribution in [0.25, 0.3) is 0 Å². The minimum absolute atomic E-state index is 0.312. The van der Waals surface area contributed by atoms with E-state index in [1.54, 1.807) is 0 Å². The molecule has 1 rings (SSSR count). The van der Waals surface area contributed by atoms with Gasteiger partial charge in [-0.3, -0.25) is 4.79 Å². The maximum Gasteiger partial charge on any atom is 0.222 e. The van der Waals surface area contributed by atoms with Gasteiger partial charge in [0.1, 0.15) is 0 Å². The number of hydrogen-bond donors (Lipinski definition) is 0. The fourth-order valence-corrected chi connectivity index (χ4v) is 2.05. The SMILES string of the molecule is CCCCN1CCCN(C(=O)CC)CC1. The van der Waals surface area contributed by atoms with Gasteiger partial charge in [-0.2, -0.15) is 0 Å². The summed E-state index contributed by atoms with van der Waals surface area (Å²) in [5.41, 5.74) is 0. The van der Waals surface area contributed by atoms with Crippen molar-refractivity contribution >= 4 is 5.91 Å². The van der Waals surface area contributed by atoms with Crippen molar-refractivity contribution in [3.05, 3.63) is 0 Å². The lowest BCUT2D eigenvalue weighted by Gasteiger charge is -2.21. The maximum atomic E-state index is 11.5. The minimum Gasteiger partial charge on any atom is -0.341 e. The third-order valence-electron chi connectivity index (χ3n) is 3.07. The zero-order valence-corrected chi connectivity index (χ0v) is 10.2. The van der Waals surface area contributed by atoms with Gasteiger partial charge in [0.05, 0.1) is 0 Å². The summed E-state index contributed by atoms with van der Waals surface area (Å²) in [4.78, 5) is 16.1. The summed E-state index contributed by atoms with van der Waals surface area (Å²) in [5.74, 6) is 0.312. The zero-order chi connectivity index (χ0) is 11.1. The molecule has 0 spiro atoms. The first kappa shape index (κ1) is 12.5. The number of nitrogens with zero attached hydrogens (tertiary/aromatic N) is 2. The Morgan fingerprint density at radius 3 is 2.60 bits per heavy atom. The number of carbonyl (C=O) groups is 1. The van der Waals surface area contributed by atoms with Crippen molar-refractivity contribution < 1.29 is 4.79 Å². The molecule has 1 heterocycles. The van der Waals surface area contributed by atoms with Crippen LogP contribution < -0.4 is 0 Å². The highest BCUT2D eigenvalue weighted by Crippen LogP contribution is 2.05. The Hall–Kier alpha value is -0.570. The lowest BCUT2D eigenvalue weighted by molar-refractivity contribution is -0.130. The number of hydrogen-bond acceptors (Lipinski definition) is 2. The van der Waals surface area contributed by atoms with E-state index in [2.05, 4.69) is 11.8 Å². The average molecular weight is 212 g/mol. The summed E-state index contributed by atoms with van der Waals surface area (Å²) >= 11 is 0. The topological polar surface area (TPSA) is 23.6 Å². The van der Waals surface area contributed by atoms with Gasteiger partial charge in [-0.1, -0.05) is 20.3 Å². The van der Waals surface area contributed by atoms with Crippen LogP contribution in [0.4, 0.5) is 0 Å². The number of carbonyl (C=O) groups excluding carboxylic acids is 1. The van der Waals surface area contributed by atoms with Crippen LogP contribution in [0, 0.1) is 0 Å². The molecule has 0 saturated carbocycles. The van der Waals surface area contributed by atoms with Crippen LogP contribution in [0.3, 0.4) is 0 Å². The molecule has 0 N–H and O–H groups in total. The van der Waals surface area contributed by atoms with E-state index >= 15 is 0 Å². The van der Waals surface area contributed by atoms with Gasteiger partial charge in [0.15, 0.2) is 0 Å². The molecule has 3 nitrogen and oxygen atoms in total. The molecular weight excluding hydrogens is 188 g/mol. The van der Waals surface area contributed by atoms with Crippen molar-refractivity contribution in [1.29, 1.82) is 0 Å². The molecule has 0 aromatic rings. The predicted molar refractivity (Wildman–Crippen MR) is 62.8 cm³/mol. The maximum absolute atomic E-state index is 11.5. The summed E-state index contributed by atoms with van der Waals surface area (Å²) in [5, 5.41) is 0. The van der Waals surface area contributed by atoms with Gasteiger partial charge >= 0.3 is 0 Å². The first-order valence-electron chi connectivity index (χ1n) is 6.28. The molecule has 0 aliphatic carbocycles. The summed E-state index contributed by atoms with van der Waals surface area (Å²) in [6.45, 7) is 9.47. The summed E-state index contributed by atoms with van der Waals surface area (Å²) in [6.07, 6.45) is 4.32. The Morgan fingerprint density at radius 2 is 1.93 bits per heavy atom. The normalized spacial score (nSPS) is 18.9. The molecule has 15 heavy (non-hydrogen) atoms. The van der Waals surface area contributed by atoms with Crippen LogP contribution in [-0.4, -0.2) is 48.4 Å². The van der Waals surface area contributed by atoms with E-state index in [0.29, 0.717) is 12.3 Å². The van der Waals surface area contributed by atoms with Crippen LogP contribution in [0.15, 0.2) is 0 Å². The van der Waals surface area contributed by atoms with Crippen molar-refractivity contribution in [1.82, 2.24) is 9.80 Å². The van der Waals surface area contributed by atoms with Crippen molar-refractivity contribution in [3.8, 4) is 0 Å². The highest BCUT2D eigenvalue weighted by Gasteiger charge is 2.16. The molecule has 0 aromatic heterocycles. The quantitative estimate of drug-likeness (QED) is 0.708. The Labute approximate surface area is 93.4 Å². The van der Waals surface area contributed by atoms with Crippen molar-refractivity contribution in [2.45, 2.75) is 39.5 Å². The Morgan fingerprint density at radius 1 is 1.13 bits per heavy atom. The van der Waals surface area contributed by atoms with Crippen molar-refractivity contribution in [3.63, 3.8) is 0 Å². The van der Waals surface area contributed by atoms with Crippen molar-refractivity contribution in [2.24, 2.45) is 0 Å². The van der Waals surface area contributed by atoms with Gasteiger partial charge in [-0.25, -0.2) is 0 Å². The number of rotatable bonds is 4. The second kappa shape index (κ2) is 6.83. The predicted octanol–water partition coefficient (Wildman–Crippen LogP) is 1.73. The third kappa shape index (κ3) is 4.20. The summed E-state index contributed by atoms with van der Waals surface area (Å²) in [6, 6.07) is 0. The lowest BCUT2D eigenvalue weighted by atomic mass is 10.3. The Balaban J connectivity index is 2.31. The van der Waals surface area contributed by atoms with Crippen molar-refractivity contribution in [2.75, 3.05) is 32.7 Å². The molecule has 0 radical (unpaired) electrons. The second-order valence-corrected chi connectivity index (χ2v) is 4.28. The lowest BCUT2D eigenvalue weighted by Crippen LogP contribution is -2.34. The first-order valence-corrected chi connectivity index (χ1v) is 6.28. The van der Waals surface area contributed by atoms with Crippen LogP contribution in [0.2, 0.25) is 0 Å². The molecule has 0 aromatic carbocycles. The highest BCUT2D eigenvalue weighted by molar-refractivity contribution is 5.75. The smallest absolute Gasteiger partial charge is 0.222 e. The average Bonchev–Trinajstić information content (AvgIpc) is 2.50. The molecular formula is C12H24N2O. The van der Waals surface area contributed by atoms with E-state index in [1.165, 1.54) is 19.4 Å². The van der Waals surface area contributed by atoms with Gasteiger partial charge in [0, 0.05) is 26.1 Å². The molecule has 1 aliphatic rings. The molecule has 1 fully saturated rings. The van der Waals surface area contributed by atoms with E-state index in [4.69, 9.17) is 0 Å². The van der Waals surface area contributed by atoms with Gasteiger partial charge in [-0.15, -0.1) is 0 Å². The van der Waals surface area contributed by atoms with E-state index in [0.717, 1.165) is 32.6 Å². The largest absolute Gasteiger partial charge is 0.341 e. The fraction of sp³-hybridized carbons (Fsp3) is 0.917. The zero-order valence-electron chi connectivity index (χ0n) is 10.2. The second-order valence-electron chi connectivity index (χ2n) is 4.28. The molecule has 88 valence electrons. The van der Waals surface area contributed by atoms with Crippen LogP contribution >= 0.6 is 0 Å². The van der Waals surface area contributed by atoms with Gasteiger partial charge in [0.2, 0.25) is 5.91 Å². The van der Waals surface area contributed by atoms with E-state index in [1.807, 2.05) is 11.8 Å². The molecule has 1 saturated heterocycles. The molecule has 1 aliphatic heterocycles. The minimum atomic E-state index is 0.312. The number of amides is 1. The fourth-order valence-electron chi connectivity index (χ4n) is 2.05. The molecule has 0 unspecified atom stereocenters. The van der Waals surface area contributed by atoms with Crippen LogP contribution in [0.5, 0.6) is 0 Å². The molecule has 0 atom stereocenters. The standard InChI is InChI=1S/C12H24N2O/c1-3-5-7-13-8-6-9-14(11-10-13)12(15)4-2/h3-11H2,1-2H3. The van der Waals surface area contributed by atoms with Gasteiger partial charge < -0.3 is 9.80 Å². The Bertz CT molecular complexity index is 194. The van der Waals surface area contributed by atoms with Crippen LogP contribution in [0.1, 0.15) is 39.5 Å². The van der Waals surface area contributed by atoms with Crippen LogP contribution in [-0.2, 0) is 4.79 Å². The molecule has 3 heteroatoms. The van der Waals surface area contributed by atoms with Gasteiger partial charge in [0.25, 0.3) is 0 Å². The monoisotopic (exact) mass is 212 g/mol. The van der Waals surface area contributed by atoms with E-state index in [-0.39, 0.29) is 0 Å². The Kier molecular flexibility index (Phi) is 5.69. The summed E-state index contributed by atoms with van der Waals surface area (Å²) < 4.78 is 0. The molecule has 1 amide bonds. The highest BCUT2D eigenvalue weighted by atomic mass is 16.2. The molecule has 0 bridgehead atoms. The number of unbranched alkanes of at least 4 members (excludes halogenated alkanes) is 1. The van der Waals surface area contributed by atoms with Gasteiger partial charge in [-0.05, 0) is 25.9 Å². The third-order valence-corrected chi connectivity index (χ3v) is 3.07. The van der Waals surface area contributed by atoms with E-state index < -0.39 is 0 Å². The first-order chi connectivity index (χ1) is 7.27. The summed E-state index contributed by atoms with van der Waals surface area (Å²) in [7, 11) is 0. The van der Waals surface area contributed by atoms with E-state index in [9.17, 15) is 4.79 Å².